The van der Waals surface area contributed by atoms with Crippen LogP contribution in [0, 0.1) is 6.92 Å². The number of anilines is 1. The second-order valence-electron chi connectivity index (χ2n) is 7.79. The highest BCUT2D eigenvalue weighted by atomic mass is 15.4. The van der Waals surface area contributed by atoms with Crippen LogP contribution in [0.15, 0.2) is 42.9 Å². The zero-order valence-corrected chi connectivity index (χ0v) is 16.9. The summed E-state index contributed by atoms with van der Waals surface area (Å²) >= 11 is 0. The van der Waals surface area contributed by atoms with E-state index in [2.05, 4.69) is 41.7 Å². The van der Waals surface area contributed by atoms with Crippen molar-refractivity contribution in [2.45, 2.75) is 38.6 Å². The van der Waals surface area contributed by atoms with E-state index >= 15 is 0 Å². The maximum absolute atomic E-state index is 5.00. The van der Waals surface area contributed by atoms with Gasteiger partial charge in [0.25, 0.3) is 5.95 Å². The van der Waals surface area contributed by atoms with Gasteiger partial charge in [0.1, 0.15) is 23.4 Å². The summed E-state index contributed by atoms with van der Waals surface area (Å²) in [6.07, 6.45) is 6.48. The van der Waals surface area contributed by atoms with Gasteiger partial charge in [0, 0.05) is 12.1 Å². The fourth-order valence-corrected chi connectivity index (χ4v) is 4.89. The number of hydrogen-bond donors (Lipinski definition) is 0. The molecule has 0 aliphatic carbocycles. The third kappa shape index (κ3) is 2.17. The molecule has 0 bridgehead atoms. The van der Waals surface area contributed by atoms with E-state index in [-0.39, 0.29) is 5.54 Å². The standard InChI is InChI=1S/C21H21N9/c1-3-21-10-7-11-28(21)18-16(29-14(2)26-27-19(21)29)12-22-20(25-18)30-17(23-13-24-30)15-8-5-4-6-9-15/h4-6,8-9,12-13H,3,7,10-11H2,1-2H3. The van der Waals surface area contributed by atoms with Gasteiger partial charge in [0.15, 0.2) is 17.5 Å². The van der Waals surface area contributed by atoms with Crippen molar-refractivity contribution >= 4 is 5.82 Å². The van der Waals surface area contributed by atoms with Crippen LogP contribution < -0.4 is 4.90 Å². The maximum Gasteiger partial charge on any atom is 0.254 e. The van der Waals surface area contributed by atoms with E-state index in [4.69, 9.17) is 4.98 Å². The number of benzene rings is 1. The van der Waals surface area contributed by atoms with Crippen molar-refractivity contribution in [1.82, 2.24) is 39.5 Å². The van der Waals surface area contributed by atoms with E-state index in [1.54, 1.807) is 11.0 Å². The molecule has 150 valence electrons. The molecule has 2 aliphatic rings. The summed E-state index contributed by atoms with van der Waals surface area (Å²) in [5.41, 5.74) is 1.71. The molecule has 0 spiro atoms. The van der Waals surface area contributed by atoms with Crippen LogP contribution in [0.4, 0.5) is 5.82 Å². The van der Waals surface area contributed by atoms with Gasteiger partial charge in [-0.05, 0) is 26.2 Å². The topological polar surface area (TPSA) is 90.4 Å². The Kier molecular flexibility index (Phi) is 3.56. The third-order valence-corrected chi connectivity index (χ3v) is 6.32. The van der Waals surface area contributed by atoms with Gasteiger partial charge in [0.2, 0.25) is 0 Å². The lowest BCUT2D eigenvalue weighted by Crippen LogP contribution is -2.47. The zero-order chi connectivity index (χ0) is 20.3. The third-order valence-electron chi connectivity index (χ3n) is 6.32. The Morgan fingerprint density at radius 2 is 1.97 bits per heavy atom. The van der Waals surface area contributed by atoms with Gasteiger partial charge < -0.3 is 4.90 Å². The summed E-state index contributed by atoms with van der Waals surface area (Å²) in [6, 6.07) is 9.97. The Balaban J connectivity index is 1.55. The molecule has 1 fully saturated rings. The molecule has 3 aromatic heterocycles. The molecule has 1 unspecified atom stereocenters. The van der Waals surface area contributed by atoms with Gasteiger partial charge in [-0.15, -0.1) is 10.2 Å². The number of nitrogens with zero attached hydrogens (tertiary/aromatic N) is 9. The van der Waals surface area contributed by atoms with E-state index < -0.39 is 0 Å². The number of fused-ring (bicyclic) bond motifs is 6. The van der Waals surface area contributed by atoms with Crippen molar-refractivity contribution in [1.29, 1.82) is 0 Å². The lowest BCUT2D eigenvalue weighted by molar-refractivity contribution is 0.381. The fourth-order valence-electron chi connectivity index (χ4n) is 4.89. The zero-order valence-electron chi connectivity index (χ0n) is 16.9. The van der Waals surface area contributed by atoms with Crippen LogP contribution in [0.25, 0.3) is 23.0 Å². The monoisotopic (exact) mass is 399 g/mol. The molecular weight excluding hydrogens is 378 g/mol. The van der Waals surface area contributed by atoms with Crippen molar-refractivity contribution in [3.8, 4) is 23.0 Å². The average molecular weight is 399 g/mol. The molecule has 0 N–H and O–H groups in total. The largest absolute Gasteiger partial charge is 0.342 e. The van der Waals surface area contributed by atoms with Gasteiger partial charge in [0.05, 0.1) is 6.20 Å². The Morgan fingerprint density at radius 3 is 2.80 bits per heavy atom. The second kappa shape index (κ2) is 6.19. The smallest absolute Gasteiger partial charge is 0.254 e. The summed E-state index contributed by atoms with van der Waals surface area (Å²) in [6.45, 7) is 5.13. The van der Waals surface area contributed by atoms with Crippen LogP contribution in [0.5, 0.6) is 0 Å². The minimum Gasteiger partial charge on any atom is -0.342 e. The van der Waals surface area contributed by atoms with E-state index in [0.717, 1.165) is 60.3 Å². The molecule has 30 heavy (non-hydrogen) atoms. The second-order valence-corrected chi connectivity index (χ2v) is 7.79. The quantitative estimate of drug-likeness (QED) is 0.523. The molecule has 4 aromatic rings. The van der Waals surface area contributed by atoms with Crippen LogP contribution in [0.2, 0.25) is 0 Å². The first kappa shape index (κ1) is 17.3. The molecule has 9 nitrogen and oxygen atoms in total. The summed E-state index contributed by atoms with van der Waals surface area (Å²) in [7, 11) is 0. The number of aryl methyl sites for hydroxylation is 1. The minimum absolute atomic E-state index is 0.176. The maximum atomic E-state index is 5.00. The van der Waals surface area contributed by atoms with Gasteiger partial charge in [-0.25, -0.2) is 9.97 Å². The first-order valence-corrected chi connectivity index (χ1v) is 10.3. The highest BCUT2D eigenvalue weighted by molar-refractivity contribution is 5.65. The van der Waals surface area contributed by atoms with Crippen LogP contribution >= 0.6 is 0 Å². The highest BCUT2D eigenvalue weighted by Crippen LogP contribution is 2.49. The lowest BCUT2D eigenvalue weighted by atomic mass is 9.90. The molecule has 2 aliphatic heterocycles. The molecule has 1 saturated heterocycles. The molecule has 0 saturated carbocycles. The minimum atomic E-state index is -0.176. The predicted octanol–water partition coefficient (Wildman–Crippen LogP) is 2.83. The Labute approximate surface area is 173 Å². The molecular formula is C21H21N9. The molecule has 0 radical (unpaired) electrons. The number of rotatable bonds is 3. The fraction of sp³-hybridized carbons (Fsp3) is 0.333. The summed E-state index contributed by atoms with van der Waals surface area (Å²) in [4.78, 5) is 16.5. The van der Waals surface area contributed by atoms with Crippen molar-refractivity contribution in [2.75, 3.05) is 11.4 Å². The van der Waals surface area contributed by atoms with E-state index in [1.165, 1.54) is 0 Å². The van der Waals surface area contributed by atoms with E-state index in [1.807, 2.05) is 43.5 Å². The average Bonchev–Trinajstić information content (AvgIpc) is 3.52. The van der Waals surface area contributed by atoms with Crippen LogP contribution in [0.1, 0.15) is 37.8 Å². The van der Waals surface area contributed by atoms with Gasteiger partial charge >= 0.3 is 0 Å². The van der Waals surface area contributed by atoms with Crippen LogP contribution in [-0.2, 0) is 5.54 Å². The molecule has 9 heteroatoms. The first-order valence-electron chi connectivity index (χ1n) is 10.3. The molecule has 0 amide bonds. The Hall–Kier alpha value is -3.62. The summed E-state index contributed by atoms with van der Waals surface area (Å²) < 4.78 is 3.82. The molecule has 5 heterocycles. The Morgan fingerprint density at radius 1 is 1.10 bits per heavy atom. The predicted molar refractivity (Wildman–Crippen MR) is 111 cm³/mol. The van der Waals surface area contributed by atoms with Gasteiger partial charge in [-0.2, -0.15) is 14.8 Å². The van der Waals surface area contributed by atoms with Crippen LogP contribution in [-0.4, -0.2) is 46.0 Å². The van der Waals surface area contributed by atoms with E-state index in [9.17, 15) is 0 Å². The SMILES string of the molecule is CCC12CCCN1c1nc(-n3ncnc3-c3ccccc3)ncc1-n1c(C)nnc12. The van der Waals surface area contributed by atoms with Crippen molar-refractivity contribution in [2.24, 2.45) is 0 Å². The van der Waals surface area contributed by atoms with Gasteiger partial charge in [-0.3, -0.25) is 4.57 Å². The highest BCUT2D eigenvalue weighted by Gasteiger charge is 2.50. The normalized spacial score (nSPS) is 19.5. The summed E-state index contributed by atoms with van der Waals surface area (Å²) in [5.74, 6) is 3.98. The first-order chi connectivity index (χ1) is 14.7. The number of aromatic nitrogens is 8. The molecule has 6 rings (SSSR count). The van der Waals surface area contributed by atoms with Gasteiger partial charge in [-0.1, -0.05) is 37.3 Å². The molecule has 1 aromatic carbocycles. The Bertz CT molecular complexity index is 1240. The number of hydrogen-bond acceptors (Lipinski definition) is 7. The molecule has 1 atom stereocenters. The van der Waals surface area contributed by atoms with E-state index in [0.29, 0.717) is 5.95 Å². The van der Waals surface area contributed by atoms with Crippen molar-refractivity contribution in [3.05, 3.63) is 54.5 Å². The van der Waals surface area contributed by atoms with Crippen LogP contribution in [0.3, 0.4) is 0 Å². The summed E-state index contributed by atoms with van der Waals surface area (Å²) in [5, 5.41) is 13.4. The van der Waals surface area contributed by atoms with Crippen molar-refractivity contribution < 1.29 is 0 Å². The van der Waals surface area contributed by atoms with Crippen molar-refractivity contribution in [3.63, 3.8) is 0 Å². The lowest BCUT2D eigenvalue weighted by Gasteiger charge is -2.42.